The number of Topliss-reactive ketones (excluding diaryl/α,β-unsaturated/α-hetero) is 1. The maximum absolute atomic E-state index is 12.1. The first-order chi connectivity index (χ1) is 9.17. The zero-order chi connectivity index (χ0) is 13.8. The number of likely N-dealkylation sites (N-methyl/N-ethyl adjacent to an activating group) is 1. The lowest BCUT2D eigenvalue weighted by Gasteiger charge is -2.40. The normalized spacial score (nSPS) is 20.6. The lowest BCUT2D eigenvalue weighted by Crippen LogP contribution is -2.51. The molecule has 3 nitrogen and oxygen atoms in total. The van der Waals surface area contributed by atoms with Crippen molar-refractivity contribution in [1.82, 2.24) is 4.90 Å². The number of carbonyl (C=O) groups is 1. The Morgan fingerprint density at radius 3 is 2.68 bits per heavy atom. The van der Waals surface area contributed by atoms with Crippen LogP contribution in [0.15, 0.2) is 24.3 Å². The van der Waals surface area contributed by atoms with Crippen LogP contribution < -0.4 is 4.90 Å². The fourth-order valence-corrected chi connectivity index (χ4v) is 2.78. The number of piperazine rings is 1. The van der Waals surface area contributed by atoms with Gasteiger partial charge < -0.3 is 4.90 Å². The summed E-state index contributed by atoms with van der Waals surface area (Å²) in [6, 6.07) is 8.61. The molecule has 0 bridgehead atoms. The standard InChI is InChI=1S/C16H24N2O/c1-4-13-12-18(11-10-17(13)3)15-9-7-6-8-14(15)16(19)5-2/h6-9,13H,4-5,10-12H2,1-3H3. The number of carbonyl (C=O) groups excluding carboxylic acids is 1. The SMILES string of the molecule is CCC(=O)c1ccccc1N1CCN(C)C(CC)C1. The number of anilines is 1. The molecule has 1 aliphatic rings. The highest BCUT2D eigenvalue weighted by Crippen LogP contribution is 2.25. The average Bonchev–Trinajstić information content (AvgIpc) is 2.47. The van der Waals surface area contributed by atoms with Gasteiger partial charge in [-0.1, -0.05) is 26.0 Å². The number of nitrogens with zero attached hydrogens (tertiary/aromatic N) is 2. The van der Waals surface area contributed by atoms with Crippen molar-refractivity contribution in [3.8, 4) is 0 Å². The fraction of sp³-hybridized carbons (Fsp3) is 0.562. The summed E-state index contributed by atoms with van der Waals surface area (Å²) >= 11 is 0. The summed E-state index contributed by atoms with van der Waals surface area (Å²) < 4.78 is 0. The van der Waals surface area contributed by atoms with Gasteiger partial charge in [0, 0.05) is 43.3 Å². The third-order valence-electron chi connectivity index (χ3n) is 4.11. The van der Waals surface area contributed by atoms with Crippen LogP contribution in [0.1, 0.15) is 37.0 Å². The van der Waals surface area contributed by atoms with Crippen LogP contribution in [-0.4, -0.2) is 43.4 Å². The molecule has 0 N–H and O–H groups in total. The lowest BCUT2D eigenvalue weighted by molar-refractivity contribution is 0.0988. The van der Waals surface area contributed by atoms with Crippen LogP contribution in [0.2, 0.25) is 0 Å². The number of rotatable bonds is 4. The van der Waals surface area contributed by atoms with Crippen LogP contribution in [-0.2, 0) is 0 Å². The minimum atomic E-state index is 0.238. The summed E-state index contributed by atoms with van der Waals surface area (Å²) in [5.74, 6) is 0.238. The van der Waals surface area contributed by atoms with Gasteiger partial charge in [0.05, 0.1) is 0 Å². The second-order valence-electron chi connectivity index (χ2n) is 5.28. The van der Waals surface area contributed by atoms with Crippen molar-refractivity contribution in [2.45, 2.75) is 32.7 Å². The first-order valence-electron chi connectivity index (χ1n) is 7.24. The third kappa shape index (κ3) is 2.98. The smallest absolute Gasteiger partial charge is 0.164 e. The van der Waals surface area contributed by atoms with Crippen LogP contribution in [0, 0.1) is 0 Å². The van der Waals surface area contributed by atoms with Gasteiger partial charge in [0.1, 0.15) is 0 Å². The molecule has 104 valence electrons. The first kappa shape index (κ1) is 14.1. The Morgan fingerprint density at radius 2 is 2.00 bits per heavy atom. The van der Waals surface area contributed by atoms with Crippen LogP contribution in [0.4, 0.5) is 5.69 Å². The Hall–Kier alpha value is -1.35. The molecule has 1 saturated heterocycles. The molecule has 1 aliphatic heterocycles. The van der Waals surface area contributed by atoms with Crippen molar-refractivity contribution >= 4 is 11.5 Å². The van der Waals surface area contributed by atoms with Gasteiger partial charge in [-0.3, -0.25) is 9.69 Å². The number of hydrogen-bond donors (Lipinski definition) is 0. The van der Waals surface area contributed by atoms with Gasteiger partial charge in [-0.2, -0.15) is 0 Å². The fourth-order valence-electron chi connectivity index (χ4n) is 2.78. The topological polar surface area (TPSA) is 23.6 Å². The summed E-state index contributed by atoms with van der Waals surface area (Å²) in [7, 11) is 2.19. The van der Waals surface area contributed by atoms with Gasteiger partial charge in [-0.25, -0.2) is 0 Å². The molecule has 19 heavy (non-hydrogen) atoms. The lowest BCUT2D eigenvalue weighted by atomic mass is 10.0. The maximum atomic E-state index is 12.1. The van der Waals surface area contributed by atoms with Gasteiger partial charge in [0.2, 0.25) is 0 Å². The zero-order valence-electron chi connectivity index (χ0n) is 12.2. The molecule has 1 unspecified atom stereocenters. The van der Waals surface area contributed by atoms with Crippen LogP contribution in [0.5, 0.6) is 0 Å². The molecule has 0 amide bonds. The molecule has 3 heteroatoms. The molecule has 0 radical (unpaired) electrons. The summed E-state index contributed by atoms with van der Waals surface area (Å²) in [5, 5.41) is 0. The maximum Gasteiger partial charge on any atom is 0.164 e. The van der Waals surface area contributed by atoms with E-state index in [0.717, 1.165) is 37.3 Å². The van der Waals surface area contributed by atoms with Gasteiger partial charge in [0.15, 0.2) is 5.78 Å². The number of para-hydroxylation sites is 1. The van der Waals surface area contributed by atoms with Gasteiger partial charge >= 0.3 is 0 Å². The van der Waals surface area contributed by atoms with Crippen molar-refractivity contribution in [3.05, 3.63) is 29.8 Å². The van der Waals surface area contributed by atoms with E-state index in [4.69, 9.17) is 0 Å². The number of hydrogen-bond acceptors (Lipinski definition) is 3. The molecule has 1 aromatic carbocycles. The van der Waals surface area contributed by atoms with Crippen LogP contribution in [0.3, 0.4) is 0 Å². The summed E-state index contributed by atoms with van der Waals surface area (Å²) in [6.45, 7) is 7.24. The van der Waals surface area contributed by atoms with Crippen molar-refractivity contribution in [1.29, 1.82) is 0 Å². The largest absolute Gasteiger partial charge is 0.368 e. The number of ketones is 1. The molecule has 1 fully saturated rings. The third-order valence-corrected chi connectivity index (χ3v) is 4.11. The Kier molecular flexibility index (Phi) is 4.59. The Balaban J connectivity index is 2.24. The van der Waals surface area contributed by atoms with E-state index in [2.05, 4.69) is 29.8 Å². The predicted octanol–water partition coefficient (Wildman–Crippen LogP) is 2.81. The van der Waals surface area contributed by atoms with E-state index in [1.165, 1.54) is 0 Å². The molecule has 0 aliphatic carbocycles. The second kappa shape index (κ2) is 6.20. The molecule has 0 spiro atoms. The minimum absolute atomic E-state index is 0.238. The monoisotopic (exact) mass is 260 g/mol. The van der Waals surface area contributed by atoms with E-state index >= 15 is 0 Å². The van der Waals surface area contributed by atoms with E-state index in [9.17, 15) is 4.79 Å². The Bertz CT molecular complexity index is 444. The summed E-state index contributed by atoms with van der Waals surface area (Å²) in [4.78, 5) is 16.8. The second-order valence-corrected chi connectivity index (χ2v) is 5.28. The molecule has 2 rings (SSSR count). The Morgan fingerprint density at radius 1 is 1.26 bits per heavy atom. The van der Waals surface area contributed by atoms with Gasteiger partial charge in [-0.15, -0.1) is 0 Å². The van der Waals surface area contributed by atoms with E-state index in [0.29, 0.717) is 12.5 Å². The van der Waals surface area contributed by atoms with Gasteiger partial charge in [-0.05, 0) is 25.6 Å². The van der Waals surface area contributed by atoms with Crippen molar-refractivity contribution in [2.75, 3.05) is 31.6 Å². The molecule has 0 aromatic heterocycles. The van der Waals surface area contributed by atoms with E-state index in [-0.39, 0.29) is 5.78 Å². The first-order valence-corrected chi connectivity index (χ1v) is 7.24. The van der Waals surface area contributed by atoms with Crippen molar-refractivity contribution in [2.24, 2.45) is 0 Å². The molecular formula is C16H24N2O. The molecule has 0 saturated carbocycles. The summed E-state index contributed by atoms with van der Waals surface area (Å²) in [5.41, 5.74) is 1.99. The highest BCUT2D eigenvalue weighted by Gasteiger charge is 2.25. The quantitative estimate of drug-likeness (QED) is 0.778. The number of benzene rings is 1. The Labute approximate surface area is 116 Å². The van der Waals surface area contributed by atoms with Gasteiger partial charge in [0.25, 0.3) is 0 Å². The molecular weight excluding hydrogens is 236 g/mol. The summed E-state index contributed by atoms with van der Waals surface area (Å²) in [6.07, 6.45) is 1.72. The van der Waals surface area contributed by atoms with Crippen LogP contribution >= 0.6 is 0 Å². The highest BCUT2D eigenvalue weighted by molar-refractivity contribution is 6.01. The molecule has 1 heterocycles. The minimum Gasteiger partial charge on any atom is -0.368 e. The zero-order valence-corrected chi connectivity index (χ0v) is 12.2. The van der Waals surface area contributed by atoms with E-state index in [1.807, 2.05) is 25.1 Å². The van der Waals surface area contributed by atoms with Crippen molar-refractivity contribution in [3.63, 3.8) is 0 Å². The average molecular weight is 260 g/mol. The predicted molar refractivity (Wildman–Crippen MR) is 80.0 cm³/mol. The van der Waals surface area contributed by atoms with Crippen molar-refractivity contribution < 1.29 is 4.79 Å². The van der Waals surface area contributed by atoms with E-state index in [1.54, 1.807) is 0 Å². The van der Waals surface area contributed by atoms with Crippen LogP contribution in [0.25, 0.3) is 0 Å². The molecule has 1 aromatic rings. The van der Waals surface area contributed by atoms with E-state index < -0.39 is 0 Å². The molecule has 1 atom stereocenters. The highest BCUT2D eigenvalue weighted by atomic mass is 16.1.